The Balaban J connectivity index is 2.59. The summed E-state index contributed by atoms with van der Waals surface area (Å²) >= 11 is 0. The quantitative estimate of drug-likeness (QED) is 0.569. The van der Waals surface area contributed by atoms with E-state index >= 15 is 0 Å². The van der Waals surface area contributed by atoms with Gasteiger partial charge in [-0.3, -0.25) is 10.1 Å². The lowest BCUT2D eigenvalue weighted by Crippen LogP contribution is -2.31. The van der Waals surface area contributed by atoms with E-state index in [1.807, 2.05) is 12.1 Å². The number of hydrogen-bond donors (Lipinski definition) is 1. The number of non-ortho nitro benzene ring substituents is 1. The summed E-state index contributed by atoms with van der Waals surface area (Å²) in [6.45, 7) is 5.36. The van der Waals surface area contributed by atoms with Gasteiger partial charge in [-0.25, -0.2) is 0 Å². The molecule has 4 heteroatoms. The highest BCUT2D eigenvalue weighted by atomic mass is 16.6. The molecule has 1 unspecified atom stereocenters. The van der Waals surface area contributed by atoms with Crippen LogP contribution in [-0.2, 0) is 6.42 Å². The number of nitro groups is 1. The van der Waals surface area contributed by atoms with Crippen LogP contribution in [-0.4, -0.2) is 17.5 Å². The maximum Gasteiger partial charge on any atom is 0.269 e. The van der Waals surface area contributed by atoms with Gasteiger partial charge in [0.15, 0.2) is 0 Å². The standard InChI is InChI=1S/C14H22N2O2/c1-3-5-13(15-10-4-2)11-12-6-8-14(9-7-12)16(17)18/h6-9,13,15H,3-5,10-11H2,1-2H3. The minimum absolute atomic E-state index is 0.160. The van der Waals surface area contributed by atoms with Crippen molar-refractivity contribution in [1.82, 2.24) is 5.32 Å². The van der Waals surface area contributed by atoms with Crippen LogP contribution >= 0.6 is 0 Å². The molecule has 0 amide bonds. The number of nitrogens with zero attached hydrogens (tertiary/aromatic N) is 1. The van der Waals surface area contributed by atoms with Crippen LogP contribution in [0, 0.1) is 10.1 Å². The van der Waals surface area contributed by atoms with Gasteiger partial charge >= 0.3 is 0 Å². The van der Waals surface area contributed by atoms with E-state index in [1.54, 1.807) is 12.1 Å². The third-order valence-electron chi connectivity index (χ3n) is 2.95. The molecule has 0 fully saturated rings. The second kappa shape index (κ2) is 7.82. The summed E-state index contributed by atoms with van der Waals surface area (Å²) in [5, 5.41) is 14.1. The molecule has 1 N–H and O–H groups in total. The minimum Gasteiger partial charge on any atom is -0.314 e. The van der Waals surface area contributed by atoms with Crippen LogP contribution in [0.5, 0.6) is 0 Å². The second-order valence-corrected chi connectivity index (χ2v) is 4.57. The Morgan fingerprint density at radius 3 is 2.39 bits per heavy atom. The normalized spacial score (nSPS) is 12.3. The van der Waals surface area contributed by atoms with E-state index in [0.717, 1.165) is 37.8 Å². The highest BCUT2D eigenvalue weighted by Crippen LogP contribution is 2.14. The Morgan fingerprint density at radius 1 is 1.22 bits per heavy atom. The summed E-state index contributed by atoms with van der Waals surface area (Å²) in [5.41, 5.74) is 1.31. The van der Waals surface area contributed by atoms with Gasteiger partial charge in [0.05, 0.1) is 4.92 Å². The zero-order valence-electron chi connectivity index (χ0n) is 11.2. The average Bonchev–Trinajstić information content (AvgIpc) is 2.37. The van der Waals surface area contributed by atoms with Crippen molar-refractivity contribution in [2.75, 3.05) is 6.54 Å². The van der Waals surface area contributed by atoms with E-state index < -0.39 is 0 Å². The maximum atomic E-state index is 10.6. The molecule has 4 nitrogen and oxygen atoms in total. The zero-order valence-corrected chi connectivity index (χ0v) is 11.2. The van der Waals surface area contributed by atoms with E-state index in [9.17, 15) is 10.1 Å². The topological polar surface area (TPSA) is 55.2 Å². The van der Waals surface area contributed by atoms with Gasteiger partial charge < -0.3 is 5.32 Å². The Labute approximate surface area is 109 Å². The van der Waals surface area contributed by atoms with Crippen LogP contribution in [0.2, 0.25) is 0 Å². The first-order valence-corrected chi connectivity index (χ1v) is 6.64. The lowest BCUT2D eigenvalue weighted by molar-refractivity contribution is -0.384. The first-order valence-electron chi connectivity index (χ1n) is 6.64. The van der Waals surface area contributed by atoms with Crippen molar-refractivity contribution in [3.63, 3.8) is 0 Å². The van der Waals surface area contributed by atoms with Gasteiger partial charge in [-0.2, -0.15) is 0 Å². The highest BCUT2D eigenvalue weighted by molar-refractivity contribution is 5.33. The SMILES string of the molecule is CCCNC(CCC)Cc1ccc([N+](=O)[O-])cc1. The van der Waals surface area contributed by atoms with Crippen molar-refractivity contribution in [3.05, 3.63) is 39.9 Å². The van der Waals surface area contributed by atoms with Gasteiger partial charge in [-0.05, 0) is 31.4 Å². The van der Waals surface area contributed by atoms with Crippen LogP contribution in [0.15, 0.2) is 24.3 Å². The first-order chi connectivity index (χ1) is 8.67. The smallest absolute Gasteiger partial charge is 0.269 e. The number of nitro benzene ring substituents is 1. The van der Waals surface area contributed by atoms with E-state index in [4.69, 9.17) is 0 Å². The Hall–Kier alpha value is -1.42. The van der Waals surface area contributed by atoms with Gasteiger partial charge in [0.25, 0.3) is 5.69 Å². The van der Waals surface area contributed by atoms with Crippen LogP contribution in [0.4, 0.5) is 5.69 Å². The van der Waals surface area contributed by atoms with Gasteiger partial charge in [0.2, 0.25) is 0 Å². The predicted octanol–water partition coefficient (Wildman–Crippen LogP) is 3.31. The second-order valence-electron chi connectivity index (χ2n) is 4.57. The predicted molar refractivity (Wildman–Crippen MR) is 73.8 cm³/mol. The lowest BCUT2D eigenvalue weighted by Gasteiger charge is -2.17. The van der Waals surface area contributed by atoms with Crippen molar-refractivity contribution in [1.29, 1.82) is 0 Å². The lowest BCUT2D eigenvalue weighted by atomic mass is 10.0. The fraction of sp³-hybridized carbons (Fsp3) is 0.571. The molecule has 0 aromatic heterocycles. The molecule has 1 rings (SSSR count). The molecule has 18 heavy (non-hydrogen) atoms. The van der Waals surface area contributed by atoms with Crippen molar-refractivity contribution in [2.24, 2.45) is 0 Å². The molecule has 0 saturated heterocycles. The molecule has 0 aliphatic rings. The van der Waals surface area contributed by atoms with Gasteiger partial charge in [-0.1, -0.05) is 32.4 Å². The molecule has 100 valence electrons. The molecule has 0 aliphatic heterocycles. The largest absolute Gasteiger partial charge is 0.314 e. The number of nitrogens with one attached hydrogen (secondary N) is 1. The fourth-order valence-corrected chi connectivity index (χ4v) is 2.01. The van der Waals surface area contributed by atoms with Crippen LogP contribution < -0.4 is 5.32 Å². The minimum atomic E-state index is -0.358. The third kappa shape index (κ3) is 4.84. The molecule has 0 heterocycles. The Bertz CT molecular complexity index is 363. The molecular weight excluding hydrogens is 228 g/mol. The molecule has 1 aromatic rings. The summed E-state index contributed by atoms with van der Waals surface area (Å²) in [5.74, 6) is 0. The summed E-state index contributed by atoms with van der Waals surface area (Å²) in [4.78, 5) is 10.2. The molecule has 0 bridgehead atoms. The molecular formula is C14H22N2O2. The molecule has 0 aliphatic carbocycles. The summed E-state index contributed by atoms with van der Waals surface area (Å²) in [6.07, 6.45) is 4.34. The van der Waals surface area contributed by atoms with E-state index in [-0.39, 0.29) is 10.6 Å². The van der Waals surface area contributed by atoms with Gasteiger partial charge in [-0.15, -0.1) is 0 Å². The monoisotopic (exact) mass is 250 g/mol. The van der Waals surface area contributed by atoms with E-state index in [0.29, 0.717) is 6.04 Å². The average molecular weight is 250 g/mol. The molecule has 1 aromatic carbocycles. The van der Waals surface area contributed by atoms with Crippen molar-refractivity contribution >= 4 is 5.69 Å². The van der Waals surface area contributed by atoms with Crippen LogP contribution in [0.3, 0.4) is 0 Å². The fourth-order valence-electron chi connectivity index (χ4n) is 2.01. The summed E-state index contributed by atoms with van der Waals surface area (Å²) in [6, 6.07) is 7.34. The number of benzene rings is 1. The zero-order chi connectivity index (χ0) is 13.4. The van der Waals surface area contributed by atoms with E-state index in [2.05, 4.69) is 19.2 Å². The summed E-state index contributed by atoms with van der Waals surface area (Å²) in [7, 11) is 0. The molecule has 0 spiro atoms. The Kier molecular flexibility index (Phi) is 6.36. The van der Waals surface area contributed by atoms with Gasteiger partial charge in [0, 0.05) is 18.2 Å². The molecule has 0 saturated carbocycles. The number of hydrogen-bond acceptors (Lipinski definition) is 3. The van der Waals surface area contributed by atoms with Crippen molar-refractivity contribution in [3.8, 4) is 0 Å². The molecule has 0 radical (unpaired) electrons. The van der Waals surface area contributed by atoms with Crippen LogP contribution in [0.1, 0.15) is 38.7 Å². The summed E-state index contributed by atoms with van der Waals surface area (Å²) < 4.78 is 0. The van der Waals surface area contributed by atoms with Crippen molar-refractivity contribution < 1.29 is 4.92 Å². The van der Waals surface area contributed by atoms with Gasteiger partial charge in [0.1, 0.15) is 0 Å². The first kappa shape index (κ1) is 14.6. The molecule has 1 atom stereocenters. The Morgan fingerprint density at radius 2 is 1.89 bits per heavy atom. The highest BCUT2D eigenvalue weighted by Gasteiger charge is 2.09. The third-order valence-corrected chi connectivity index (χ3v) is 2.95. The number of rotatable bonds is 8. The van der Waals surface area contributed by atoms with Crippen molar-refractivity contribution in [2.45, 2.75) is 45.6 Å². The maximum absolute atomic E-state index is 10.6. The van der Waals surface area contributed by atoms with Crippen LogP contribution in [0.25, 0.3) is 0 Å². The van der Waals surface area contributed by atoms with E-state index in [1.165, 1.54) is 0 Å².